The van der Waals surface area contributed by atoms with Gasteiger partial charge in [0.1, 0.15) is 11.9 Å². The molecule has 0 spiro atoms. The van der Waals surface area contributed by atoms with E-state index >= 15 is 0 Å². The molecule has 1 N–H and O–H groups in total. The number of likely N-dealkylation sites (tertiary alicyclic amines) is 1. The Balaban J connectivity index is 1.49. The van der Waals surface area contributed by atoms with Gasteiger partial charge in [-0.1, -0.05) is 18.2 Å². The van der Waals surface area contributed by atoms with Crippen LogP contribution in [0.5, 0.6) is 5.75 Å². The number of piperidine rings is 1. The van der Waals surface area contributed by atoms with E-state index in [1.807, 2.05) is 30.3 Å². The molecule has 1 aromatic carbocycles. The topological polar surface area (TPSA) is 60.0 Å². The summed E-state index contributed by atoms with van der Waals surface area (Å²) < 4.78 is 16.8. The van der Waals surface area contributed by atoms with E-state index < -0.39 is 0 Å². The average Bonchev–Trinajstić information content (AvgIpc) is 2.69. The summed E-state index contributed by atoms with van der Waals surface area (Å²) in [5.41, 5.74) is 0. The highest BCUT2D eigenvalue weighted by Gasteiger charge is 2.32. The van der Waals surface area contributed by atoms with E-state index in [-0.39, 0.29) is 24.0 Å². The Morgan fingerprint density at radius 2 is 2.00 bits per heavy atom. The molecule has 0 unspecified atom stereocenters. The lowest BCUT2D eigenvalue weighted by Gasteiger charge is -2.35. The monoisotopic (exact) mass is 362 g/mol. The van der Waals surface area contributed by atoms with Crippen LogP contribution in [0.1, 0.15) is 19.3 Å². The third-order valence-corrected chi connectivity index (χ3v) is 5.22. The van der Waals surface area contributed by atoms with Gasteiger partial charge in [0.25, 0.3) is 0 Å². The summed E-state index contributed by atoms with van der Waals surface area (Å²) in [5.74, 6) is 1.05. The predicted octanol–water partition coefficient (Wildman–Crippen LogP) is 1.70. The van der Waals surface area contributed by atoms with Crippen molar-refractivity contribution < 1.29 is 19.0 Å². The second kappa shape index (κ2) is 9.90. The van der Waals surface area contributed by atoms with Gasteiger partial charge >= 0.3 is 0 Å². The van der Waals surface area contributed by atoms with E-state index in [1.165, 1.54) is 0 Å². The Hall–Kier alpha value is -1.63. The summed E-state index contributed by atoms with van der Waals surface area (Å²) in [6.45, 7) is 4.76. The summed E-state index contributed by atoms with van der Waals surface area (Å²) in [6, 6.07) is 9.69. The van der Waals surface area contributed by atoms with Crippen molar-refractivity contribution in [2.45, 2.75) is 31.4 Å². The maximum absolute atomic E-state index is 12.7. The summed E-state index contributed by atoms with van der Waals surface area (Å²) in [5, 5.41) is 3.18. The van der Waals surface area contributed by atoms with Gasteiger partial charge in [-0.05, 0) is 38.1 Å². The third kappa shape index (κ3) is 5.43. The molecule has 2 heterocycles. The quantitative estimate of drug-likeness (QED) is 0.800. The van der Waals surface area contributed by atoms with Crippen LogP contribution in [0.2, 0.25) is 0 Å². The molecule has 2 aliphatic heterocycles. The average molecular weight is 362 g/mol. The molecule has 26 heavy (non-hydrogen) atoms. The number of methoxy groups -OCH3 is 1. The van der Waals surface area contributed by atoms with Gasteiger partial charge in [0.05, 0.1) is 25.9 Å². The second-order valence-corrected chi connectivity index (χ2v) is 7.06. The zero-order valence-corrected chi connectivity index (χ0v) is 15.6. The summed E-state index contributed by atoms with van der Waals surface area (Å²) in [6.07, 6.45) is 2.53. The van der Waals surface area contributed by atoms with Crippen LogP contribution in [-0.2, 0) is 14.3 Å². The summed E-state index contributed by atoms with van der Waals surface area (Å²) in [7, 11) is 1.72. The van der Waals surface area contributed by atoms with Crippen molar-refractivity contribution in [2.75, 3.05) is 46.6 Å². The smallest absolute Gasteiger partial charge is 0.223 e. The number of hydrogen-bond donors (Lipinski definition) is 1. The van der Waals surface area contributed by atoms with Gasteiger partial charge in [-0.2, -0.15) is 0 Å². The standard InChI is InChI=1S/C20H30N2O4/c1-24-14-12-22-10-7-16(8-11-22)20(23)21-18-15-25-13-9-19(18)26-17-5-3-2-4-6-17/h2-6,16,18-19H,7-15H2,1H3,(H,21,23)/t18-,19+/m1/s1. The van der Waals surface area contributed by atoms with E-state index in [2.05, 4.69) is 10.2 Å². The molecular weight excluding hydrogens is 332 g/mol. The number of amides is 1. The first-order valence-electron chi connectivity index (χ1n) is 9.57. The lowest BCUT2D eigenvalue weighted by atomic mass is 9.95. The molecule has 2 atom stereocenters. The van der Waals surface area contributed by atoms with E-state index in [1.54, 1.807) is 7.11 Å². The first-order chi connectivity index (χ1) is 12.8. The molecule has 2 aliphatic rings. The van der Waals surface area contributed by atoms with E-state index in [4.69, 9.17) is 14.2 Å². The van der Waals surface area contributed by atoms with Gasteiger partial charge < -0.3 is 24.4 Å². The number of rotatable bonds is 7. The first-order valence-corrected chi connectivity index (χ1v) is 9.57. The van der Waals surface area contributed by atoms with Crippen LogP contribution >= 0.6 is 0 Å². The lowest BCUT2D eigenvalue weighted by molar-refractivity contribution is -0.129. The summed E-state index contributed by atoms with van der Waals surface area (Å²) >= 11 is 0. The highest BCUT2D eigenvalue weighted by molar-refractivity contribution is 5.79. The number of carbonyl (C=O) groups is 1. The largest absolute Gasteiger partial charge is 0.488 e. The van der Waals surface area contributed by atoms with Crippen LogP contribution in [0, 0.1) is 5.92 Å². The SMILES string of the molecule is COCCN1CCC(C(=O)N[C@@H]2COCC[C@@H]2Oc2ccccc2)CC1. The van der Waals surface area contributed by atoms with E-state index in [0.29, 0.717) is 13.2 Å². The Morgan fingerprint density at radius 3 is 2.73 bits per heavy atom. The first kappa shape index (κ1) is 19.1. The van der Waals surface area contributed by atoms with Crippen LogP contribution in [0.15, 0.2) is 30.3 Å². The molecule has 1 amide bonds. The van der Waals surface area contributed by atoms with Crippen molar-refractivity contribution in [3.8, 4) is 5.75 Å². The van der Waals surface area contributed by atoms with Crippen molar-refractivity contribution in [3.05, 3.63) is 30.3 Å². The highest BCUT2D eigenvalue weighted by Crippen LogP contribution is 2.21. The molecule has 0 saturated carbocycles. The second-order valence-electron chi connectivity index (χ2n) is 7.06. The fraction of sp³-hybridized carbons (Fsp3) is 0.650. The van der Waals surface area contributed by atoms with Gasteiger partial charge in [-0.3, -0.25) is 4.79 Å². The van der Waals surface area contributed by atoms with Crippen LogP contribution in [0.3, 0.4) is 0 Å². The molecule has 3 rings (SSSR count). The predicted molar refractivity (Wildman–Crippen MR) is 99.3 cm³/mol. The zero-order valence-electron chi connectivity index (χ0n) is 15.6. The maximum atomic E-state index is 12.7. The molecule has 6 heteroatoms. The van der Waals surface area contributed by atoms with Crippen molar-refractivity contribution in [1.29, 1.82) is 0 Å². The van der Waals surface area contributed by atoms with Gasteiger partial charge in [-0.25, -0.2) is 0 Å². The molecule has 6 nitrogen and oxygen atoms in total. The van der Waals surface area contributed by atoms with Crippen LogP contribution in [0.4, 0.5) is 0 Å². The maximum Gasteiger partial charge on any atom is 0.223 e. The molecule has 144 valence electrons. The fourth-order valence-electron chi connectivity index (χ4n) is 3.61. The molecule has 0 aromatic heterocycles. The van der Waals surface area contributed by atoms with Crippen LogP contribution < -0.4 is 10.1 Å². The molecule has 0 radical (unpaired) electrons. The number of nitrogens with one attached hydrogen (secondary N) is 1. The molecule has 2 fully saturated rings. The summed E-state index contributed by atoms with van der Waals surface area (Å²) in [4.78, 5) is 15.1. The van der Waals surface area contributed by atoms with Crippen LogP contribution in [0.25, 0.3) is 0 Å². The van der Waals surface area contributed by atoms with Gasteiger partial charge in [0, 0.05) is 26.0 Å². The minimum atomic E-state index is -0.0945. The Labute approximate surface area is 155 Å². The minimum absolute atomic E-state index is 0.0445. The number of benzene rings is 1. The molecule has 2 saturated heterocycles. The highest BCUT2D eigenvalue weighted by atomic mass is 16.5. The Bertz CT molecular complexity index is 546. The number of nitrogens with zero attached hydrogens (tertiary/aromatic N) is 1. The van der Waals surface area contributed by atoms with E-state index in [0.717, 1.165) is 51.3 Å². The van der Waals surface area contributed by atoms with Crippen LogP contribution in [-0.4, -0.2) is 69.5 Å². The van der Waals surface area contributed by atoms with Crippen molar-refractivity contribution in [1.82, 2.24) is 10.2 Å². The van der Waals surface area contributed by atoms with Crippen molar-refractivity contribution in [2.24, 2.45) is 5.92 Å². The number of hydrogen-bond acceptors (Lipinski definition) is 5. The molecule has 0 bridgehead atoms. The molecule has 0 aliphatic carbocycles. The zero-order chi connectivity index (χ0) is 18.2. The number of ether oxygens (including phenoxy) is 3. The Kier molecular flexibility index (Phi) is 7.29. The lowest BCUT2D eigenvalue weighted by Crippen LogP contribution is -2.54. The number of carbonyl (C=O) groups excluding carboxylic acids is 1. The van der Waals surface area contributed by atoms with Crippen molar-refractivity contribution >= 4 is 5.91 Å². The Morgan fingerprint density at radius 1 is 1.23 bits per heavy atom. The normalized spacial score (nSPS) is 25.0. The molecule has 1 aromatic rings. The minimum Gasteiger partial charge on any atom is -0.488 e. The van der Waals surface area contributed by atoms with Gasteiger partial charge in [-0.15, -0.1) is 0 Å². The number of para-hydroxylation sites is 1. The van der Waals surface area contributed by atoms with Crippen molar-refractivity contribution in [3.63, 3.8) is 0 Å². The van der Waals surface area contributed by atoms with E-state index in [9.17, 15) is 4.79 Å². The van der Waals surface area contributed by atoms with Gasteiger partial charge in [0.15, 0.2) is 0 Å². The van der Waals surface area contributed by atoms with Gasteiger partial charge in [0.2, 0.25) is 5.91 Å². The molecular formula is C20H30N2O4. The fourth-order valence-corrected chi connectivity index (χ4v) is 3.61. The third-order valence-electron chi connectivity index (χ3n) is 5.22.